The summed E-state index contributed by atoms with van der Waals surface area (Å²) in [6, 6.07) is 5.55. The van der Waals surface area contributed by atoms with E-state index in [0.29, 0.717) is 23.2 Å². The van der Waals surface area contributed by atoms with Crippen molar-refractivity contribution in [2.45, 2.75) is 31.0 Å². The molecule has 1 aromatic carbocycles. The fourth-order valence-corrected chi connectivity index (χ4v) is 4.36. The van der Waals surface area contributed by atoms with Gasteiger partial charge in [-0.05, 0) is 36.6 Å². The molecule has 0 amide bonds. The maximum atomic E-state index is 13.1. The van der Waals surface area contributed by atoms with Gasteiger partial charge in [-0.2, -0.15) is 18.3 Å². The molecule has 0 aliphatic heterocycles. The summed E-state index contributed by atoms with van der Waals surface area (Å²) in [7, 11) is -3.24. The Hall–Kier alpha value is -2.53. The summed E-state index contributed by atoms with van der Waals surface area (Å²) in [5.74, 6) is 0.700. The highest BCUT2D eigenvalue weighted by Gasteiger charge is 2.40. The average Bonchev–Trinajstić information content (AvgIpc) is 3.23. The fourth-order valence-electron chi connectivity index (χ4n) is 3.00. The normalized spacial score (nSPS) is 12.6. The van der Waals surface area contributed by atoms with E-state index < -0.39 is 26.8 Å². The number of aromatic amines is 1. The van der Waals surface area contributed by atoms with Crippen LogP contribution in [0, 0.1) is 0 Å². The molecular weight excluding hydrogens is 409 g/mol. The first-order valence-corrected chi connectivity index (χ1v) is 10.4. The molecule has 29 heavy (non-hydrogen) atoms. The van der Waals surface area contributed by atoms with E-state index in [2.05, 4.69) is 14.8 Å². The van der Waals surface area contributed by atoms with Crippen molar-refractivity contribution in [3.63, 3.8) is 0 Å². The van der Waals surface area contributed by atoms with E-state index in [1.165, 1.54) is 0 Å². The van der Waals surface area contributed by atoms with E-state index in [-0.39, 0.29) is 13.0 Å². The van der Waals surface area contributed by atoms with Crippen LogP contribution in [0.3, 0.4) is 0 Å². The molecule has 2 N–H and O–H groups in total. The minimum atomic E-state index is -4.82. The lowest BCUT2D eigenvalue weighted by Gasteiger charge is -2.11. The van der Waals surface area contributed by atoms with Gasteiger partial charge in [-0.25, -0.2) is 13.1 Å². The molecule has 0 radical (unpaired) electrons. The summed E-state index contributed by atoms with van der Waals surface area (Å²) in [4.78, 5) is 3.09. The second-order valence-electron chi connectivity index (χ2n) is 6.50. The molecule has 11 heteroatoms. The maximum absolute atomic E-state index is 13.1. The molecule has 3 aromatic rings. The van der Waals surface area contributed by atoms with Crippen molar-refractivity contribution in [1.82, 2.24) is 19.5 Å². The Bertz CT molecular complexity index is 1100. The molecule has 0 atom stereocenters. The highest BCUT2D eigenvalue weighted by atomic mass is 32.2. The number of nitrogens with one attached hydrogen (secondary N) is 2. The van der Waals surface area contributed by atoms with Gasteiger partial charge in [0, 0.05) is 30.7 Å². The zero-order chi connectivity index (χ0) is 21.2. The van der Waals surface area contributed by atoms with Crippen LogP contribution in [0.2, 0.25) is 0 Å². The molecule has 0 aliphatic carbocycles. The SMILES string of the molecule is CCCOc1ccc2[nH]cc(CCNS(=O)(=O)c3c(C(F)(F)F)cnn3C)c2c1. The Balaban J connectivity index is 1.75. The van der Waals surface area contributed by atoms with Crippen LogP contribution in [0.4, 0.5) is 13.2 Å². The largest absolute Gasteiger partial charge is 0.494 e. The summed E-state index contributed by atoms with van der Waals surface area (Å²) in [5, 5.41) is 3.41. The molecule has 2 aromatic heterocycles. The molecule has 0 spiro atoms. The standard InChI is InChI=1S/C18H21F3N4O3S/c1-3-8-28-13-4-5-16-14(9-13)12(10-22-16)6-7-24-29(26,27)17-15(18(19,20)21)11-23-25(17)2/h4-5,9-11,22,24H,3,6-8H2,1-2H3. The predicted molar refractivity (Wildman–Crippen MR) is 101 cm³/mol. The number of halogens is 3. The second-order valence-corrected chi connectivity index (χ2v) is 8.18. The second kappa shape index (κ2) is 8.07. The number of hydrogen-bond acceptors (Lipinski definition) is 4. The molecule has 0 unspecified atom stereocenters. The third-order valence-electron chi connectivity index (χ3n) is 4.34. The first kappa shape index (κ1) is 21.2. The summed E-state index contributed by atoms with van der Waals surface area (Å²) in [5.41, 5.74) is 0.390. The lowest BCUT2D eigenvalue weighted by Crippen LogP contribution is -2.29. The van der Waals surface area contributed by atoms with Crippen LogP contribution < -0.4 is 9.46 Å². The Labute approximate surface area is 165 Å². The quantitative estimate of drug-likeness (QED) is 0.574. The predicted octanol–water partition coefficient (Wildman–Crippen LogP) is 3.23. The first-order chi connectivity index (χ1) is 13.6. The number of aryl methyl sites for hydroxylation is 1. The van der Waals surface area contributed by atoms with E-state index in [4.69, 9.17) is 4.74 Å². The number of aromatic nitrogens is 3. The number of fused-ring (bicyclic) bond motifs is 1. The summed E-state index contributed by atoms with van der Waals surface area (Å²) in [6.07, 6.45) is -1.41. The molecule has 0 saturated heterocycles. The monoisotopic (exact) mass is 430 g/mol. The average molecular weight is 430 g/mol. The lowest BCUT2D eigenvalue weighted by atomic mass is 10.1. The molecule has 3 rings (SSSR count). The first-order valence-electron chi connectivity index (χ1n) is 8.95. The third kappa shape index (κ3) is 4.56. The van der Waals surface area contributed by atoms with Crippen LogP contribution in [0.5, 0.6) is 5.75 Å². The van der Waals surface area contributed by atoms with Crippen molar-refractivity contribution in [1.29, 1.82) is 0 Å². The Morgan fingerprint density at radius 3 is 2.76 bits per heavy atom. The van der Waals surface area contributed by atoms with E-state index >= 15 is 0 Å². The third-order valence-corrected chi connectivity index (χ3v) is 5.92. The van der Waals surface area contributed by atoms with Gasteiger partial charge in [0.25, 0.3) is 10.0 Å². The van der Waals surface area contributed by atoms with Crippen LogP contribution >= 0.6 is 0 Å². The van der Waals surface area contributed by atoms with Gasteiger partial charge in [-0.1, -0.05) is 6.92 Å². The molecular formula is C18H21F3N4O3S. The van der Waals surface area contributed by atoms with Crippen LogP contribution in [-0.4, -0.2) is 36.3 Å². The lowest BCUT2D eigenvalue weighted by molar-refractivity contribution is -0.140. The number of rotatable bonds is 8. The molecule has 0 aliphatic rings. The topological polar surface area (TPSA) is 89.0 Å². The van der Waals surface area contributed by atoms with Crippen molar-refractivity contribution < 1.29 is 26.3 Å². The smallest absolute Gasteiger partial charge is 0.420 e. The van der Waals surface area contributed by atoms with Crippen molar-refractivity contribution in [3.8, 4) is 5.75 Å². The van der Waals surface area contributed by atoms with Gasteiger partial charge >= 0.3 is 6.18 Å². The molecule has 158 valence electrons. The van der Waals surface area contributed by atoms with E-state index in [1.54, 1.807) is 6.20 Å². The van der Waals surface area contributed by atoms with E-state index in [9.17, 15) is 21.6 Å². The van der Waals surface area contributed by atoms with Gasteiger partial charge < -0.3 is 9.72 Å². The summed E-state index contributed by atoms with van der Waals surface area (Å²) < 4.78 is 72.7. The molecule has 0 bridgehead atoms. The van der Waals surface area contributed by atoms with Gasteiger partial charge in [0.15, 0.2) is 5.03 Å². The van der Waals surface area contributed by atoms with Crippen molar-refractivity contribution in [3.05, 3.63) is 41.7 Å². The van der Waals surface area contributed by atoms with E-state index in [0.717, 1.165) is 29.9 Å². The zero-order valence-corrected chi connectivity index (χ0v) is 16.7. The number of sulfonamides is 1. The van der Waals surface area contributed by atoms with E-state index in [1.807, 2.05) is 25.1 Å². The van der Waals surface area contributed by atoms with Gasteiger partial charge in [-0.3, -0.25) is 4.68 Å². The minimum absolute atomic E-state index is 0.0716. The van der Waals surface area contributed by atoms with Crippen LogP contribution in [0.1, 0.15) is 24.5 Å². The molecule has 2 heterocycles. The maximum Gasteiger partial charge on any atom is 0.420 e. The molecule has 7 nitrogen and oxygen atoms in total. The number of ether oxygens (including phenoxy) is 1. The highest BCUT2D eigenvalue weighted by molar-refractivity contribution is 7.89. The fraction of sp³-hybridized carbons (Fsp3) is 0.389. The summed E-state index contributed by atoms with van der Waals surface area (Å²) >= 11 is 0. The van der Waals surface area contributed by atoms with Gasteiger partial charge in [0.2, 0.25) is 0 Å². The van der Waals surface area contributed by atoms with Gasteiger partial charge in [-0.15, -0.1) is 0 Å². The van der Waals surface area contributed by atoms with Gasteiger partial charge in [0.05, 0.1) is 12.8 Å². The molecule has 0 saturated carbocycles. The summed E-state index contributed by atoms with van der Waals surface area (Å²) in [6.45, 7) is 2.51. The van der Waals surface area contributed by atoms with Crippen LogP contribution in [0.15, 0.2) is 35.6 Å². The highest BCUT2D eigenvalue weighted by Crippen LogP contribution is 2.33. The van der Waals surface area contributed by atoms with Crippen molar-refractivity contribution in [2.75, 3.05) is 13.2 Å². The number of nitrogens with zero attached hydrogens (tertiary/aromatic N) is 2. The number of alkyl halides is 3. The molecule has 0 fully saturated rings. The number of hydrogen-bond donors (Lipinski definition) is 2. The van der Waals surface area contributed by atoms with Crippen molar-refractivity contribution >= 4 is 20.9 Å². The number of H-pyrrole nitrogens is 1. The Morgan fingerprint density at radius 1 is 1.31 bits per heavy atom. The van der Waals surface area contributed by atoms with Crippen molar-refractivity contribution in [2.24, 2.45) is 7.05 Å². The Morgan fingerprint density at radius 2 is 2.07 bits per heavy atom. The van der Waals surface area contributed by atoms with Crippen LogP contribution in [0.25, 0.3) is 10.9 Å². The minimum Gasteiger partial charge on any atom is -0.494 e. The van der Waals surface area contributed by atoms with Crippen LogP contribution in [-0.2, 0) is 29.7 Å². The van der Waals surface area contributed by atoms with Gasteiger partial charge in [0.1, 0.15) is 11.3 Å². The zero-order valence-electron chi connectivity index (χ0n) is 15.9. The Kier molecular flexibility index (Phi) is 5.90. The number of benzene rings is 1.